The Balaban J connectivity index is 1.35. The predicted octanol–water partition coefficient (Wildman–Crippen LogP) is 8.66. The molecular formula is C35H40O4. The van der Waals surface area contributed by atoms with Gasteiger partial charge in [-0.15, -0.1) is 0 Å². The minimum absolute atomic E-state index is 0.0111. The standard InChI is InChI=1S/C35H40O4/c1-24(2)33-19-6-25(3)20-34(33)39-35(36)30-17-15-28(16-18-30)12-11-26-7-9-27(10-8-26)13-14-29-21-31(37-4)23-32(22-29)38-5/h7-18,21-25,33-34H,6,19-20H2,1-5H3/b12-11+,14-13+/t25-,33+,34-/m0/s1. The molecule has 3 atom stereocenters. The second-order valence-electron chi connectivity index (χ2n) is 10.9. The molecule has 4 heteroatoms. The van der Waals surface area contributed by atoms with Crippen LogP contribution in [0.4, 0.5) is 0 Å². The summed E-state index contributed by atoms with van der Waals surface area (Å²) in [6.07, 6.45) is 11.6. The molecule has 1 fully saturated rings. The van der Waals surface area contributed by atoms with Gasteiger partial charge in [-0.25, -0.2) is 4.79 Å². The van der Waals surface area contributed by atoms with E-state index in [1.807, 2.05) is 48.5 Å². The minimum Gasteiger partial charge on any atom is -0.497 e. The van der Waals surface area contributed by atoms with E-state index in [4.69, 9.17) is 14.2 Å². The van der Waals surface area contributed by atoms with Gasteiger partial charge in [-0.3, -0.25) is 0 Å². The lowest BCUT2D eigenvalue weighted by Gasteiger charge is -2.36. The van der Waals surface area contributed by atoms with E-state index >= 15 is 0 Å². The topological polar surface area (TPSA) is 44.8 Å². The van der Waals surface area contributed by atoms with Gasteiger partial charge in [0.05, 0.1) is 19.8 Å². The molecule has 1 saturated carbocycles. The van der Waals surface area contributed by atoms with Crippen LogP contribution in [0.1, 0.15) is 72.6 Å². The summed E-state index contributed by atoms with van der Waals surface area (Å²) in [5.41, 5.74) is 4.86. The fraction of sp³-hybridized carbons (Fsp3) is 0.343. The van der Waals surface area contributed by atoms with Gasteiger partial charge in [0.2, 0.25) is 0 Å². The molecular weight excluding hydrogens is 484 g/mol. The zero-order valence-corrected chi connectivity index (χ0v) is 23.7. The molecule has 3 aromatic carbocycles. The largest absolute Gasteiger partial charge is 0.497 e. The molecule has 0 unspecified atom stereocenters. The molecule has 0 aromatic heterocycles. The maximum atomic E-state index is 12.9. The Kier molecular flexibility index (Phi) is 9.64. The van der Waals surface area contributed by atoms with Crippen molar-refractivity contribution in [3.8, 4) is 11.5 Å². The van der Waals surface area contributed by atoms with Gasteiger partial charge in [0.25, 0.3) is 0 Å². The lowest BCUT2D eigenvalue weighted by molar-refractivity contribution is -0.0174. The van der Waals surface area contributed by atoms with Crippen molar-refractivity contribution in [3.63, 3.8) is 0 Å². The molecule has 0 radical (unpaired) electrons. The molecule has 3 aromatic rings. The van der Waals surface area contributed by atoms with Crippen LogP contribution in [0.15, 0.2) is 66.7 Å². The van der Waals surface area contributed by atoms with E-state index in [9.17, 15) is 4.79 Å². The third-order valence-electron chi connectivity index (χ3n) is 7.61. The number of esters is 1. The number of hydrogen-bond acceptors (Lipinski definition) is 4. The van der Waals surface area contributed by atoms with Crippen molar-refractivity contribution in [1.29, 1.82) is 0 Å². The summed E-state index contributed by atoms with van der Waals surface area (Å²) in [6, 6.07) is 21.8. The first-order chi connectivity index (χ1) is 18.8. The molecule has 39 heavy (non-hydrogen) atoms. The SMILES string of the molecule is COc1cc(/C=C/c2ccc(/C=C/c3ccc(C(=O)O[C@H]4C[C@@H](C)CC[C@@H]4C(C)C)cc3)cc2)cc(OC)c1. The maximum absolute atomic E-state index is 12.9. The number of hydrogen-bond donors (Lipinski definition) is 0. The van der Waals surface area contributed by atoms with Crippen molar-refractivity contribution >= 4 is 30.3 Å². The third-order valence-corrected chi connectivity index (χ3v) is 7.61. The molecule has 1 aliphatic carbocycles. The molecule has 0 heterocycles. The number of methoxy groups -OCH3 is 2. The van der Waals surface area contributed by atoms with Crippen LogP contribution in [0.25, 0.3) is 24.3 Å². The quantitative estimate of drug-likeness (QED) is 0.207. The van der Waals surface area contributed by atoms with E-state index in [0.717, 1.165) is 46.6 Å². The van der Waals surface area contributed by atoms with Crippen molar-refractivity contribution in [2.24, 2.45) is 17.8 Å². The van der Waals surface area contributed by atoms with E-state index in [2.05, 4.69) is 63.3 Å². The van der Waals surface area contributed by atoms with Gasteiger partial charge in [-0.2, -0.15) is 0 Å². The normalized spacial score (nSPS) is 19.5. The van der Waals surface area contributed by atoms with Crippen molar-refractivity contribution < 1.29 is 19.0 Å². The minimum atomic E-state index is -0.216. The third kappa shape index (κ3) is 7.86. The molecule has 1 aliphatic rings. The van der Waals surface area contributed by atoms with Crippen molar-refractivity contribution in [2.75, 3.05) is 14.2 Å². The Morgan fingerprint density at radius 1 is 0.744 bits per heavy atom. The Bertz CT molecular complexity index is 1260. The van der Waals surface area contributed by atoms with Crippen LogP contribution >= 0.6 is 0 Å². The van der Waals surface area contributed by atoms with Crippen LogP contribution in [0.3, 0.4) is 0 Å². The zero-order valence-electron chi connectivity index (χ0n) is 23.7. The monoisotopic (exact) mass is 524 g/mol. The second kappa shape index (κ2) is 13.3. The van der Waals surface area contributed by atoms with Crippen molar-refractivity contribution in [2.45, 2.75) is 46.1 Å². The molecule has 0 N–H and O–H groups in total. The summed E-state index contributed by atoms with van der Waals surface area (Å²) < 4.78 is 16.7. The highest BCUT2D eigenvalue weighted by atomic mass is 16.5. The van der Waals surface area contributed by atoms with E-state index in [0.29, 0.717) is 23.3 Å². The first-order valence-electron chi connectivity index (χ1n) is 13.8. The van der Waals surface area contributed by atoms with Crippen LogP contribution in [0, 0.1) is 17.8 Å². The number of ether oxygens (including phenoxy) is 3. The number of benzene rings is 3. The molecule has 0 amide bonds. The van der Waals surface area contributed by atoms with Crippen LogP contribution in [0.5, 0.6) is 11.5 Å². The number of rotatable bonds is 9. The summed E-state index contributed by atoms with van der Waals surface area (Å²) >= 11 is 0. The number of carbonyl (C=O) groups is 1. The fourth-order valence-corrected chi connectivity index (χ4v) is 5.21. The maximum Gasteiger partial charge on any atom is 0.338 e. The van der Waals surface area contributed by atoms with Gasteiger partial charge < -0.3 is 14.2 Å². The van der Waals surface area contributed by atoms with Gasteiger partial charge in [-0.05, 0) is 77.1 Å². The average molecular weight is 525 g/mol. The van der Waals surface area contributed by atoms with Crippen molar-refractivity contribution in [3.05, 3.63) is 94.5 Å². The van der Waals surface area contributed by atoms with Crippen LogP contribution in [-0.2, 0) is 4.74 Å². The number of carbonyl (C=O) groups excluding carboxylic acids is 1. The molecule has 0 spiro atoms. The lowest BCUT2D eigenvalue weighted by Crippen LogP contribution is -2.35. The van der Waals surface area contributed by atoms with E-state index in [-0.39, 0.29) is 12.1 Å². The predicted molar refractivity (Wildman–Crippen MR) is 161 cm³/mol. The molecule has 0 saturated heterocycles. The molecule has 0 bridgehead atoms. The average Bonchev–Trinajstić information content (AvgIpc) is 2.95. The van der Waals surface area contributed by atoms with Gasteiger partial charge in [-0.1, -0.05) is 87.9 Å². The van der Waals surface area contributed by atoms with E-state index < -0.39 is 0 Å². The highest BCUT2D eigenvalue weighted by Crippen LogP contribution is 2.35. The van der Waals surface area contributed by atoms with E-state index in [1.165, 1.54) is 6.42 Å². The summed E-state index contributed by atoms with van der Waals surface area (Å²) in [5, 5.41) is 0. The molecule has 0 aliphatic heterocycles. The summed E-state index contributed by atoms with van der Waals surface area (Å²) in [4.78, 5) is 12.9. The Hall–Kier alpha value is -3.79. The highest BCUT2D eigenvalue weighted by Gasteiger charge is 2.33. The second-order valence-corrected chi connectivity index (χ2v) is 10.9. The van der Waals surface area contributed by atoms with Crippen molar-refractivity contribution in [1.82, 2.24) is 0 Å². The molecule has 204 valence electrons. The van der Waals surface area contributed by atoms with Gasteiger partial charge in [0.1, 0.15) is 17.6 Å². The zero-order chi connectivity index (χ0) is 27.8. The molecule has 4 rings (SSSR count). The fourth-order valence-electron chi connectivity index (χ4n) is 5.21. The van der Waals surface area contributed by atoms with Gasteiger partial charge in [0.15, 0.2) is 0 Å². The Morgan fingerprint density at radius 2 is 1.23 bits per heavy atom. The highest BCUT2D eigenvalue weighted by molar-refractivity contribution is 5.90. The van der Waals surface area contributed by atoms with Crippen LogP contribution in [-0.4, -0.2) is 26.3 Å². The Morgan fingerprint density at radius 3 is 1.72 bits per heavy atom. The van der Waals surface area contributed by atoms with Gasteiger partial charge in [0, 0.05) is 6.07 Å². The molecule has 4 nitrogen and oxygen atoms in total. The van der Waals surface area contributed by atoms with Gasteiger partial charge >= 0.3 is 5.97 Å². The first kappa shape index (κ1) is 28.2. The van der Waals surface area contributed by atoms with Crippen LogP contribution in [0.2, 0.25) is 0 Å². The summed E-state index contributed by atoms with van der Waals surface area (Å²) in [7, 11) is 3.30. The Labute approximate surface area is 233 Å². The summed E-state index contributed by atoms with van der Waals surface area (Å²) in [6.45, 7) is 6.71. The first-order valence-corrected chi connectivity index (χ1v) is 13.8. The summed E-state index contributed by atoms with van der Waals surface area (Å²) in [5.74, 6) is 2.87. The lowest BCUT2D eigenvalue weighted by atomic mass is 9.75. The van der Waals surface area contributed by atoms with Crippen LogP contribution < -0.4 is 9.47 Å². The smallest absolute Gasteiger partial charge is 0.338 e. The van der Waals surface area contributed by atoms with E-state index in [1.54, 1.807) is 14.2 Å².